The Balaban J connectivity index is 0.00000625. The molecule has 0 spiro atoms. The predicted octanol–water partition coefficient (Wildman–Crippen LogP) is 3.98. The molecule has 0 saturated heterocycles. The van der Waals surface area contributed by atoms with Crippen molar-refractivity contribution in [1.29, 1.82) is 0 Å². The zero-order valence-corrected chi connectivity index (χ0v) is 18.2. The van der Waals surface area contributed by atoms with Crippen molar-refractivity contribution in [3.05, 3.63) is 29.8 Å². The SMILES string of the molecule is CN=C(NCCCOCC(C)C)N(C)Cc1ccc(OC(F)F)cc1.I. The zero-order valence-electron chi connectivity index (χ0n) is 15.9. The molecule has 0 bridgehead atoms. The summed E-state index contributed by atoms with van der Waals surface area (Å²) in [6.45, 7) is 4.33. The van der Waals surface area contributed by atoms with E-state index in [-0.39, 0.29) is 29.7 Å². The Kier molecular flexibility index (Phi) is 13.3. The van der Waals surface area contributed by atoms with Gasteiger partial charge in [0.2, 0.25) is 0 Å². The van der Waals surface area contributed by atoms with Crippen LogP contribution in [0.2, 0.25) is 0 Å². The molecule has 0 aliphatic carbocycles. The average molecular weight is 485 g/mol. The first-order valence-corrected chi connectivity index (χ1v) is 8.45. The third-order valence-corrected chi connectivity index (χ3v) is 3.34. The van der Waals surface area contributed by atoms with Crippen LogP contribution in [0.1, 0.15) is 25.8 Å². The molecule has 0 saturated carbocycles. The smallest absolute Gasteiger partial charge is 0.387 e. The van der Waals surface area contributed by atoms with Crippen LogP contribution in [-0.4, -0.2) is 51.3 Å². The van der Waals surface area contributed by atoms with Gasteiger partial charge >= 0.3 is 6.61 Å². The lowest BCUT2D eigenvalue weighted by Crippen LogP contribution is -2.39. The van der Waals surface area contributed by atoms with Crippen LogP contribution >= 0.6 is 24.0 Å². The van der Waals surface area contributed by atoms with Gasteiger partial charge in [0, 0.05) is 40.4 Å². The highest BCUT2D eigenvalue weighted by atomic mass is 127. The van der Waals surface area contributed by atoms with E-state index in [0.29, 0.717) is 12.5 Å². The van der Waals surface area contributed by atoms with E-state index in [4.69, 9.17) is 4.74 Å². The maximum atomic E-state index is 12.2. The minimum atomic E-state index is -2.80. The summed E-state index contributed by atoms with van der Waals surface area (Å²) in [5.74, 6) is 1.48. The van der Waals surface area contributed by atoms with E-state index in [2.05, 4.69) is 28.9 Å². The van der Waals surface area contributed by atoms with Gasteiger partial charge in [-0.05, 0) is 30.0 Å². The third kappa shape index (κ3) is 10.7. The minimum Gasteiger partial charge on any atom is -0.435 e. The molecule has 0 amide bonds. The minimum absolute atomic E-state index is 0. The number of nitrogens with zero attached hydrogens (tertiary/aromatic N) is 2. The van der Waals surface area contributed by atoms with E-state index >= 15 is 0 Å². The second kappa shape index (κ2) is 14.0. The number of rotatable bonds is 10. The maximum absolute atomic E-state index is 12.2. The first-order chi connectivity index (χ1) is 11.9. The Morgan fingerprint density at radius 2 is 1.88 bits per heavy atom. The molecule has 0 aromatic heterocycles. The summed E-state index contributed by atoms with van der Waals surface area (Å²) in [6, 6.07) is 6.61. The molecule has 5 nitrogen and oxygen atoms in total. The van der Waals surface area contributed by atoms with Gasteiger partial charge in [0.25, 0.3) is 0 Å². The lowest BCUT2D eigenvalue weighted by atomic mass is 10.2. The molecule has 0 atom stereocenters. The van der Waals surface area contributed by atoms with Crippen molar-refractivity contribution >= 4 is 29.9 Å². The topological polar surface area (TPSA) is 46.1 Å². The molecule has 0 heterocycles. The molecule has 1 rings (SSSR count). The monoisotopic (exact) mass is 485 g/mol. The fourth-order valence-electron chi connectivity index (χ4n) is 2.20. The number of alkyl halides is 2. The summed E-state index contributed by atoms with van der Waals surface area (Å²) < 4.78 is 34.2. The first kappa shape index (κ1) is 24.8. The highest BCUT2D eigenvalue weighted by molar-refractivity contribution is 14.0. The number of hydrogen-bond donors (Lipinski definition) is 1. The Morgan fingerprint density at radius 3 is 2.42 bits per heavy atom. The molecule has 26 heavy (non-hydrogen) atoms. The third-order valence-electron chi connectivity index (χ3n) is 3.34. The van der Waals surface area contributed by atoms with Gasteiger partial charge in [0.05, 0.1) is 0 Å². The summed E-state index contributed by atoms with van der Waals surface area (Å²) in [5.41, 5.74) is 0.979. The molecule has 0 unspecified atom stereocenters. The van der Waals surface area contributed by atoms with Gasteiger partial charge in [-0.15, -0.1) is 24.0 Å². The highest BCUT2D eigenvalue weighted by Gasteiger charge is 2.08. The van der Waals surface area contributed by atoms with Gasteiger partial charge in [-0.25, -0.2) is 0 Å². The van der Waals surface area contributed by atoms with Crippen molar-refractivity contribution < 1.29 is 18.3 Å². The van der Waals surface area contributed by atoms with Crippen LogP contribution in [0.25, 0.3) is 0 Å². The van der Waals surface area contributed by atoms with Gasteiger partial charge < -0.3 is 19.7 Å². The number of benzene rings is 1. The van der Waals surface area contributed by atoms with Crippen LogP contribution in [0, 0.1) is 5.92 Å². The van der Waals surface area contributed by atoms with E-state index in [1.54, 1.807) is 19.2 Å². The normalized spacial score (nSPS) is 11.5. The van der Waals surface area contributed by atoms with Crippen molar-refractivity contribution in [1.82, 2.24) is 10.2 Å². The van der Waals surface area contributed by atoms with Crippen LogP contribution < -0.4 is 10.1 Å². The van der Waals surface area contributed by atoms with E-state index in [1.807, 2.05) is 11.9 Å². The van der Waals surface area contributed by atoms with E-state index in [1.165, 1.54) is 12.1 Å². The molecular formula is C18H30F2IN3O2. The largest absolute Gasteiger partial charge is 0.435 e. The molecule has 150 valence electrons. The summed E-state index contributed by atoms with van der Waals surface area (Å²) in [6.07, 6.45) is 0.902. The molecule has 1 aromatic carbocycles. The summed E-state index contributed by atoms with van der Waals surface area (Å²) >= 11 is 0. The zero-order chi connectivity index (χ0) is 18.7. The lowest BCUT2D eigenvalue weighted by Gasteiger charge is -2.22. The number of ether oxygens (including phenoxy) is 2. The standard InChI is InChI=1S/C18H29F2N3O2.HI/c1-14(2)13-24-11-5-10-22-18(21-3)23(4)12-15-6-8-16(9-7-15)25-17(19)20;/h6-9,14,17H,5,10-13H2,1-4H3,(H,21,22);1H. The number of halogens is 3. The predicted molar refractivity (Wildman–Crippen MR) is 112 cm³/mol. The van der Waals surface area contributed by atoms with Crippen LogP contribution in [0.5, 0.6) is 5.75 Å². The molecule has 1 aromatic rings. The van der Waals surface area contributed by atoms with Crippen LogP contribution in [-0.2, 0) is 11.3 Å². The number of hydrogen-bond acceptors (Lipinski definition) is 3. The second-order valence-electron chi connectivity index (χ2n) is 6.17. The first-order valence-electron chi connectivity index (χ1n) is 8.45. The van der Waals surface area contributed by atoms with E-state index in [9.17, 15) is 8.78 Å². The van der Waals surface area contributed by atoms with Gasteiger partial charge in [-0.1, -0.05) is 26.0 Å². The van der Waals surface area contributed by atoms with E-state index < -0.39 is 6.61 Å². The number of nitrogens with one attached hydrogen (secondary N) is 1. The van der Waals surface area contributed by atoms with E-state index in [0.717, 1.165) is 37.7 Å². The highest BCUT2D eigenvalue weighted by Crippen LogP contribution is 2.15. The Hall–Kier alpha value is -1.16. The van der Waals surface area contributed by atoms with Crippen LogP contribution in [0.4, 0.5) is 8.78 Å². The number of aliphatic imine (C=N–C) groups is 1. The van der Waals surface area contributed by atoms with Gasteiger partial charge in [0.15, 0.2) is 5.96 Å². The molecular weight excluding hydrogens is 455 g/mol. The van der Waals surface area contributed by atoms with Crippen molar-refractivity contribution in [3.8, 4) is 5.75 Å². The quantitative estimate of drug-likeness (QED) is 0.236. The summed E-state index contributed by atoms with van der Waals surface area (Å²) in [7, 11) is 3.65. The van der Waals surface area contributed by atoms with Crippen molar-refractivity contribution in [2.24, 2.45) is 10.9 Å². The fourth-order valence-corrected chi connectivity index (χ4v) is 2.20. The lowest BCUT2D eigenvalue weighted by molar-refractivity contribution is -0.0498. The van der Waals surface area contributed by atoms with Crippen molar-refractivity contribution in [3.63, 3.8) is 0 Å². The van der Waals surface area contributed by atoms with Crippen molar-refractivity contribution in [2.45, 2.75) is 33.4 Å². The summed E-state index contributed by atoms with van der Waals surface area (Å²) in [4.78, 5) is 6.22. The Morgan fingerprint density at radius 1 is 1.23 bits per heavy atom. The van der Waals surface area contributed by atoms with Crippen LogP contribution in [0.3, 0.4) is 0 Å². The Bertz CT molecular complexity index is 514. The van der Waals surface area contributed by atoms with Gasteiger partial charge in [0.1, 0.15) is 5.75 Å². The molecule has 0 aliphatic heterocycles. The average Bonchev–Trinajstić information content (AvgIpc) is 2.55. The maximum Gasteiger partial charge on any atom is 0.387 e. The molecule has 1 N–H and O–H groups in total. The summed E-state index contributed by atoms with van der Waals surface area (Å²) in [5, 5.41) is 3.29. The van der Waals surface area contributed by atoms with Gasteiger partial charge in [-0.2, -0.15) is 8.78 Å². The molecule has 0 fully saturated rings. The molecule has 0 aliphatic rings. The fraction of sp³-hybridized carbons (Fsp3) is 0.611. The molecule has 8 heteroatoms. The molecule has 0 radical (unpaired) electrons. The van der Waals surface area contributed by atoms with Crippen LogP contribution in [0.15, 0.2) is 29.3 Å². The second-order valence-corrected chi connectivity index (χ2v) is 6.17. The number of guanidine groups is 1. The Labute approximate surface area is 172 Å². The van der Waals surface area contributed by atoms with Crippen molar-refractivity contribution in [2.75, 3.05) is 33.9 Å². The van der Waals surface area contributed by atoms with Gasteiger partial charge in [-0.3, -0.25) is 4.99 Å².